The number of hydrogen-bond acceptors (Lipinski definition) is 3. The Morgan fingerprint density at radius 1 is 1.21 bits per heavy atom. The van der Waals surface area contributed by atoms with E-state index in [2.05, 4.69) is 17.9 Å². The van der Waals surface area contributed by atoms with Crippen molar-refractivity contribution in [3.63, 3.8) is 0 Å². The van der Waals surface area contributed by atoms with Gasteiger partial charge < -0.3 is 10.2 Å². The first-order chi connectivity index (χ1) is 9.20. The van der Waals surface area contributed by atoms with Crippen molar-refractivity contribution in [2.45, 2.75) is 57.5 Å². The number of piperidine rings is 1. The molecule has 3 nitrogen and oxygen atoms in total. The van der Waals surface area contributed by atoms with Crippen LogP contribution in [-0.2, 0) is 0 Å². The smallest absolute Gasteiger partial charge is 0.122 e. The lowest BCUT2D eigenvalue weighted by molar-refractivity contribution is 0.0593. The lowest BCUT2D eigenvalue weighted by atomic mass is 9.76. The molecule has 106 valence electrons. The molecule has 1 aromatic heterocycles. The van der Waals surface area contributed by atoms with Crippen molar-refractivity contribution in [3.8, 4) is 0 Å². The van der Waals surface area contributed by atoms with E-state index in [0.717, 1.165) is 5.76 Å². The Morgan fingerprint density at radius 3 is 2.42 bits per heavy atom. The maximum atomic E-state index is 6.20. The van der Waals surface area contributed by atoms with Crippen LogP contribution in [-0.4, -0.2) is 24.0 Å². The minimum absolute atomic E-state index is 0.115. The van der Waals surface area contributed by atoms with Crippen molar-refractivity contribution in [1.29, 1.82) is 0 Å². The Hall–Kier alpha value is -0.800. The highest BCUT2D eigenvalue weighted by molar-refractivity contribution is 5.08. The second-order valence-corrected chi connectivity index (χ2v) is 6.56. The highest BCUT2D eigenvalue weighted by Crippen LogP contribution is 2.47. The highest BCUT2D eigenvalue weighted by atomic mass is 16.3. The van der Waals surface area contributed by atoms with Crippen LogP contribution in [0.5, 0.6) is 0 Å². The normalized spacial score (nSPS) is 26.6. The van der Waals surface area contributed by atoms with Gasteiger partial charge in [-0.15, -0.1) is 0 Å². The molecule has 1 aliphatic heterocycles. The molecule has 0 amide bonds. The van der Waals surface area contributed by atoms with Crippen molar-refractivity contribution in [2.75, 3.05) is 13.1 Å². The van der Waals surface area contributed by atoms with Gasteiger partial charge in [-0.3, -0.25) is 4.90 Å². The summed E-state index contributed by atoms with van der Waals surface area (Å²) in [6, 6.07) is 4.39. The van der Waals surface area contributed by atoms with Crippen molar-refractivity contribution in [3.05, 3.63) is 24.2 Å². The van der Waals surface area contributed by atoms with Gasteiger partial charge in [-0.1, -0.05) is 12.8 Å². The summed E-state index contributed by atoms with van der Waals surface area (Å²) >= 11 is 0. The van der Waals surface area contributed by atoms with E-state index in [1.54, 1.807) is 6.26 Å². The standard InChI is InChI=1S/C16H26N2O/c1-13(17)15(14-5-4-12-19-14)18-10-8-16(9-11-18)6-2-3-7-16/h4-5,12-13,15H,2-3,6-11,17H2,1H3. The molecule has 0 bridgehead atoms. The van der Waals surface area contributed by atoms with Crippen LogP contribution in [0, 0.1) is 5.41 Å². The molecule has 0 aromatic carbocycles. The first-order valence-electron chi connectivity index (χ1n) is 7.73. The largest absolute Gasteiger partial charge is 0.468 e. The van der Waals surface area contributed by atoms with Gasteiger partial charge in [0.2, 0.25) is 0 Å². The third kappa shape index (κ3) is 2.59. The lowest BCUT2D eigenvalue weighted by Gasteiger charge is -2.43. The molecule has 1 spiro atoms. The second-order valence-electron chi connectivity index (χ2n) is 6.56. The molecule has 3 rings (SSSR count). The zero-order valence-electron chi connectivity index (χ0n) is 12.0. The van der Waals surface area contributed by atoms with E-state index in [9.17, 15) is 0 Å². The van der Waals surface area contributed by atoms with Crippen LogP contribution >= 0.6 is 0 Å². The van der Waals surface area contributed by atoms with E-state index in [4.69, 9.17) is 10.2 Å². The van der Waals surface area contributed by atoms with Crippen LogP contribution in [0.15, 0.2) is 22.8 Å². The Kier molecular flexibility index (Phi) is 3.68. The predicted molar refractivity (Wildman–Crippen MR) is 76.8 cm³/mol. The molecule has 19 heavy (non-hydrogen) atoms. The maximum Gasteiger partial charge on any atom is 0.122 e. The third-order valence-corrected chi connectivity index (χ3v) is 5.25. The average Bonchev–Trinajstić information content (AvgIpc) is 3.04. The summed E-state index contributed by atoms with van der Waals surface area (Å²) in [6.07, 6.45) is 10.2. The number of likely N-dealkylation sites (tertiary alicyclic amines) is 1. The fourth-order valence-electron chi connectivity index (χ4n) is 4.13. The van der Waals surface area contributed by atoms with Gasteiger partial charge in [0.15, 0.2) is 0 Å². The van der Waals surface area contributed by atoms with Crippen LogP contribution in [0.4, 0.5) is 0 Å². The van der Waals surface area contributed by atoms with Gasteiger partial charge in [-0.25, -0.2) is 0 Å². The first kappa shape index (κ1) is 13.2. The van der Waals surface area contributed by atoms with Crippen LogP contribution in [0.3, 0.4) is 0 Å². The quantitative estimate of drug-likeness (QED) is 0.908. The van der Waals surface area contributed by atoms with E-state index in [-0.39, 0.29) is 12.1 Å². The van der Waals surface area contributed by atoms with E-state index in [0.29, 0.717) is 5.41 Å². The Balaban J connectivity index is 1.68. The van der Waals surface area contributed by atoms with E-state index in [1.165, 1.54) is 51.6 Å². The zero-order valence-corrected chi connectivity index (χ0v) is 12.0. The van der Waals surface area contributed by atoms with Crippen LogP contribution in [0.25, 0.3) is 0 Å². The minimum Gasteiger partial charge on any atom is -0.468 e. The number of nitrogens with zero attached hydrogens (tertiary/aromatic N) is 1. The summed E-state index contributed by atoms with van der Waals surface area (Å²) in [5, 5.41) is 0. The summed E-state index contributed by atoms with van der Waals surface area (Å²) < 4.78 is 5.61. The van der Waals surface area contributed by atoms with Crippen molar-refractivity contribution >= 4 is 0 Å². The molecule has 2 N–H and O–H groups in total. The molecule has 3 heteroatoms. The maximum absolute atomic E-state index is 6.20. The first-order valence-corrected chi connectivity index (χ1v) is 7.73. The van der Waals surface area contributed by atoms with Gasteiger partial charge in [0.25, 0.3) is 0 Å². The monoisotopic (exact) mass is 262 g/mol. The van der Waals surface area contributed by atoms with Gasteiger partial charge in [0.1, 0.15) is 5.76 Å². The second kappa shape index (κ2) is 5.29. The summed E-state index contributed by atoms with van der Waals surface area (Å²) in [5.74, 6) is 1.03. The average molecular weight is 262 g/mol. The van der Waals surface area contributed by atoms with Crippen LogP contribution in [0.2, 0.25) is 0 Å². The third-order valence-electron chi connectivity index (χ3n) is 5.25. The molecule has 1 aliphatic carbocycles. The zero-order chi connectivity index (χ0) is 13.3. The van der Waals surface area contributed by atoms with Crippen LogP contribution < -0.4 is 5.73 Å². The molecule has 1 aromatic rings. The molecule has 0 radical (unpaired) electrons. The van der Waals surface area contributed by atoms with E-state index in [1.807, 2.05) is 6.07 Å². The van der Waals surface area contributed by atoms with E-state index >= 15 is 0 Å². The van der Waals surface area contributed by atoms with Gasteiger partial charge in [-0.2, -0.15) is 0 Å². The molecule has 2 unspecified atom stereocenters. The van der Waals surface area contributed by atoms with Gasteiger partial charge in [0.05, 0.1) is 12.3 Å². The topological polar surface area (TPSA) is 42.4 Å². The Bertz CT molecular complexity index is 383. The lowest BCUT2D eigenvalue weighted by Crippen LogP contribution is -2.45. The summed E-state index contributed by atoms with van der Waals surface area (Å²) in [4.78, 5) is 2.53. The summed E-state index contributed by atoms with van der Waals surface area (Å²) in [5.41, 5.74) is 6.87. The van der Waals surface area contributed by atoms with Gasteiger partial charge >= 0.3 is 0 Å². The fourth-order valence-corrected chi connectivity index (χ4v) is 4.13. The number of hydrogen-bond donors (Lipinski definition) is 1. The SMILES string of the molecule is CC(N)C(c1ccco1)N1CCC2(CCCC2)CC1. The predicted octanol–water partition coefficient (Wildman–Crippen LogP) is 3.32. The minimum atomic E-state index is 0.115. The Labute approximate surface area is 116 Å². The number of furan rings is 1. The molecular weight excluding hydrogens is 236 g/mol. The van der Waals surface area contributed by atoms with Crippen LogP contribution in [0.1, 0.15) is 57.3 Å². The summed E-state index contributed by atoms with van der Waals surface area (Å²) in [7, 11) is 0. The number of nitrogens with two attached hydrogens (primary N) is 1. The van der Waals surface area contributed by atoms with E-state index < -0.39 is 0 Å². The molecule has 1 saturated heterocycles. The molecule has 1 saturated carbocycles. The molecular formula is C16H26N2O. The molecule has 2 aliphatic rings. The molecule has 2 atom stereocenters. The highest BCUT2D eigenvalue weighted by Gasteiger charge is 2.39. The molecule has 2 fully saturated rings. The van der Waals surface area contributed by atoms with Gasteiger partial charge in [0, 0.05) is 6.04 Å². The Morgan fingerprint density at radius 2 is 1.89 bits per heavy atom. The van der Waals surface area contributed by atoms with Crippen molar-refractivity contribution < 1.29 is 4.42 Å². The molecule has 2 heterocycles. The van der Waals surface area contributed by atoms with Crippen molar-refractivity contribution in [1.82, 2.24) is 4.90 Å². The fraction of sp³-hybridized carbons (Fsp3) is 0.750. The van der Waals surface area contributed by atoms with Gasteiger partial charge in [-0.05, 0) is 63.2 Å². The van der Waals surface area contributed by atoms with Crippen molar-refractivity contribution in [2.24, 2.45) is 11.1 Å². The number of rotatable bonds is 3. The summed E-state index contributed by atoms with van der Waals surface area (Å²) in [6.45, 7) is 4.44.